The Bertz CT molecular complexity index is 681. The van der Waals surface area contributed by atoms with Crippen molar-refractivity contribution in [1.29, 1.82) is 0 Å². The monoisotopic (exact) mass is 293 g/mol. The van der Waals surface area contributed by atoms with Gasteiger partial charge in [-0.15, -0.1) is 0 Å². The number of Topliss-reactive ketones (excluding diaryl/α,β-unsaturated/α-hetero) is 1. The molecule has 1 aromatic heterocycles. The lowest BCUT2D eigenvalue weighted by Gasteiger charge is -2.10. The first kappa shape index (κ1) is 11.8. The summed E-state index contributed by atoms with van der Waals surface area (Å²) in [6.45, 7) is 0. The van der Waals surface area contributed by atoms with E-state index in [0.717, 1.165) is 41.1 Å². The van der Waals surface area contributed by atoms with Crippen molar-refractivity contribution < 1.29 is 4.79 Å². The predicted molar refractivity (Wildman–Crippen MR) is 77.0 cm³/mol. The highest BCUT2D eigenvalue weighted by atomic mass is 35.5. The molecule has 4 heteroatoms. The molecule has 0 amide bonds. The second kappa shape index (κ2) is 4.00. The van der Waals surface area contributed by atoms with E-state index in [2.05, 4.69) is 4.98 Å². The van der Waals surface area contributed by atoms with E-state index in [9.17, 15) is 4.79 Å². The Morgan fingerprint density at radius 2 is 1.89 bits per heavy atom. The van der Waals surface area contributed by atoms with Gasteiger partial charge in [0.25, 0.3) is 0 Å². The molecule has 1 N–H and O–H groups in total. The van der Waals surface area contributed by atoms with E-state index in [1.807, 2.05) is 6.07 Å². The zero-order valence-electron chi connectivity index (χ0n) is 10.2. The Labute approximate surface area is 121 Å². The Morgan fingerprint density at radius 1 is 1.16 bits per heavy atom. The van der Waals surface area contributed by atoms with Gasteiger partial charge < -0.3 is 4.98 Å². The van der Waals surface area contributed by atoms with Gasteiger partial charge in [0.05, 0.1) is 5.02 Å². The SMILES string of the molecule is O=C(c1c[nH]c2cc(Cl)cc(Cl)c12)C1CC2CC2C1. The lowest BCUT2D eigenvalue weighted by atomic mass is 9.93. The van der Waals surface area contributed by atoms with Gasteiger partial charge in [-0.1, -0.05) is 23.2 Å². The van der Waals surface area contributed by atoms with Crippen LogP contribution in [0.3, 0.4) is 0 Å². The van der Waals surface area contributed by atoms with Crippen molar-refractivity contribution in [2.45, 2.75) is 19.3 Å². The van der Waals surface area contributed by atoms with Crippen LogP contribution in [-0.4, -0.2) is 10.8 Å². The molecule has 0 saturated heterocycles. The van der Waals surface area contributed by atoms with Crippen molar-refractivity contribution >= 4 is 39.9 Å². The number of hydrogen-bond donors (Lipinski definition) is 1. The van der Waals surface area contributed by atoms with E-state index in [0.29, 0.717) is 10.0 Å². The number of H-pyrrole nitrogens is 1. The summed E-state index contributed by atoms with van der Waals surface area (Å²) < 4.78 is 0. The third-order valence-electron chi connectivity index (χ3n) is 4.58. The van der Waals surface area contributed by atoms with E-state index >= 15 is 0 Å². The molecule has 2 saturated carbocycles. The number of rotatable bonds is 2. The maximum absolute atomic E-state index is 12.6. The summed E-state index contributed by atoms with van der Waals surface area (Å²) in [4.78, 5) is 15.7. The number of halogens is 2. The van der Waals surface area contributed by atoms with Crippen LogP contribution in [0.25, 0.3) is 10.9 Å². The second-order valence-corrected chi connectivity index (χ2v) is 6.64. The summed E-state index contributed by atoms with van der Waals surface area (Å²) in [6, 6.07) is 3.51. The highest BCUT2D eigenvalue weighted by molar-refractivity contribution is 6.39. The number of fused-ring (bicyclic) bond motifs is 2. The first-order valence-electron chi connectivity index (χ1n) is 6.64. The molecule has 2 unspecified atom stereocenters. The number of hydrogen-bond acceptors (Lipinski definition) is 1. The highest BCUT2D eigenvalue weighted by Crippen LogP contribution is 2.55. The Hall–Kier alpha value is -0.990. The van der Waals surface area contributed by atoms with Gasteiger partial charge in [0.2, 0.25) is 0 Å². The Kier molecular flexibility index (Phi) is 2.49. The molecule has 0 spiro atoms. The molecule has 0 radical (unpaired) electrons. The summed E-state index contributed by atoms with van der Waals surface area (Å²) in [5.74, 6) is 2.05. The first-order chi connectivity index (χ1) is 9.13. The number of carbonyl (C=O) groups is 1. The van der Waals surface area contributed by atoms with Crippen molar-refractivity contribution in [3.63, 3.8) is 0 Å². The molecule has 1 aromatic carbocycles. The summed E-state index contributed by atoms with van der Waals surface area (Å²) in [5.41, 5.74) is 1.56. The average Bonchev–Trinajstić information content (AvgIpc) is 2.82. The first-order valence-corrected chi connectivity index (χ1v) is 7.39. The molecular formula is C15H13Cl2NO. The third kappa shape index (κ3) is 1.81. The van der Waals surface area contributed by atoms with E-state index in [1.54, 1.807) is 12.3 Å². The minimum absolute atomic E-state index is 0.189. The number of carbonyl (C=O) groups excluding carboxylic acids is 1. The topological polar surface area (TPSA) is 32.9 Å². The van der Waals surface area contributed by atoms with Gasteiger partial charge in [-0.3, -0.25) is 4.79 Å². The van der Waals surface area contributed by atoms with Crippen LogP contribution in [0.4, 0.5) is 0 Å². The molecule has 1 heterocycles. The van der Waals surface area contributed by atoms with Gasteiger partial charge in [-0.25, -0.2) is 0 Å². The second-order valence-electron chi connectivity index (χ2n) is 5.80. The molecule has 2 aliphatic rings. The summed E-state index contributed by atoms with van der Waals surface area (Å²) >= 11 is 12.2. The minimum Gasteiger partial charge on any atom is -0.360 e. The summed E-state index contributed by atoms with van der Waals surface area (Å²) in [7, 11) is 0. The van der Waals surface area contributed by atoms with Crippen LogP contribution in [0.5, 0.6) is 0 Å². The van der Waals surface area contributed by atoms with Gasteiger partial charge in [-0.2, -0.15) is 0 Å². The average molecular weight is 294 g/mol. The predicted octanol–water partition coefficient (Wildman–Crippen LogP) is 4.70. The smallest absolute Gasteiger partial charge is 0.168 e. The van der Waals surface area contributed by atoms with E-state index < -0.39 is 0 Å². The van der Waals surface area contributed by atoms with Crippen molar-refractivity contribution in [2.24, 2.45) is 17.8 Å². The third-order valence-corrected chi connectivity index (χ3v) is 5.09. The fraction of sp³-hybridized carbons (Fsp3) is 0.400. The zero-order chi connectivity index (χ0) is 13.1. The number of aromatic amines is 1. The van der Waals surface area contributed by atoms with Gasteiger partial charge in [0, 0.05) is 33.6 Å². The lowest BCUT2D eigenvalue weighted by molar-refractivity contribution is 0.0916. The van der Waals surface area contributed by atoms with E-state index in [-0.39, 0.29) is 11.7 Å². The molecule has 0 aliphatic heterocycles. The number of ketones is 1. The van der Waals surface area contributed by atoms with E-state index in [4.69, 9.17) is 23.2 Å². The quantitative estimate of drug-likeness (QED) is 0.800. The Balaban J connectivity index is 1.76. The van der Waals surface area contributed by atoms with Gasteiger partial charge in [-0.05, 0) is 43.2 Å². The largest absolute Gasteiger partial charge is 0.360 e. The molecule has 2 atom stereocenters. The van der Waals surface area contributed by atoms with Crippen LogP contribution in [0.1, 0.15) is 29.6 Å². The van der Waals surface area contributed by atoms with Crippen molar-refractivity contribution in [1.82, 2.24) is 4.98 Å². The molecular weight excluding hydrogens is 281 g/mol. The van der Waals surface area contributed by atoms with Crippen molar-refractivity contribution in [2.75, 3.05) is 0 Å². The highest BCUT2D eigenvalue weighted by Gasteiger charge is 2.48. The van der Waals surface area contributed by atoms with Crippen molar-refractivity contribution in [3.05, 3.63) is 33.9 Å². The molecule has 19 heavy (non-hydrogen) atoms. The van der Waals surface area contributed by atoms with Crippen LogP contribution in [0.15, 0.2) is 18.3 Å². The number of aromatic nitrogens is 1. The molecule has 4 rings (SSSR count). The normalized spacial score (nSPS) is 28.6. The van der Waals surface area contributed by atoms with Crippen LogP contribution < -0.4 is 0 Å². The summed E-state index contributed by atoms with van der Waals surface area (Å²) in [5, 5.41) is 1.95. The lowest BCUT2D eigenvalue weighted by Crippen LogP contribution is -2.12. The van der Waals surface area contributed by atoms with Crippen LogP contribution in [0.2, 0.25) is 10.0 Å². The van der Waals surface area contributed by atoms with Gasteiger partial charge in [0.1, 0.15) is 0 Å². The van der Waals surface area contributed by atoms with Crippen LogP contribution >= 0.6 is 23.2 Å². The Morgan fingerprint density at radius 3 is 2.63 bits per heavy atom. The minimum atomic E-state index is 0.189. The maximum Gasteiger partial charge on any atom is 0.168 e. The fourth-order valence-electron chi connectivity index (χ4n) is 3.53. The van der Waals surface area contributed by atoms with Crippen molar-refractivity contribution in [3.8, 4) is 0 Å². The van der Waals surface area contributed by atoms with Gasteiger partial charge in [0.15, 0.2) is 5.78 Å². The maximum atomic E-state index is 12.6. The van der Waals surface area contributed by atoms with Crippen LogP contribution in [-0.2, 0) is 0 Å². The molecule has 98 valence electrons. The molecule has 0 bridgehead atoms. The van der Waals surface area contributed by atoms with Gasteiger partial charge >= 0.3 is 0 Å². The molecule has 2 aliphatic carbocycles. The molecule has 2 fully saturated rings. The summed E-state index contributed by atoms with van der Waals surface area (Å²) in [6.07, 6.45) is 5.22. The van der Waals surface area contributed by atoms with Crippen LogP contribution in [0, 0.1) is 17.8 Å². The number of nitrogens with one attached hydrogen (secondary N) is 1. The number of benzene rings is 1. The molecule has 2 nitrogen and oxygen atoms in total. The fourth-order valence-corrected chi connectivity index (χ4v) is 4.12. The molecule has 2 aromatic rings. The zero-order valence-corrected chi connectivity index (χ0v) is 11.8. The van der Waals surface area contributed by atoms with E-state index in [1.165, 1.54) is 6.42 Å². The standard InChI is InChI=1S/C15H13Cl2NO/c16-10-4-12(17)14-11(6-18-13(14)5-10)15(19)9-2-7-1-8(7)3-9/h4-9,18H,1-3H2.